The van der Waals surface area contributed by atoms with E-state index in [1.807, 2.05) is 26.0 Å². The van der Waals surface area contributed by atoms with E-state index in [9.17, 15) is 4.79 Å². The summed E-state index contributed by atoms with van der Waals surface area (Å²) in [4.78, 5) is 16.2. The molecule has 0 bridgehead atoms. The zero-order chi connectivity index (χ0) is 14.0. The fourth-order valence-electron chi connectivity index (χ4n) is 1.93. The van der Waals surface area contributed by atoms with E-state index in [-0.39, 0.29) is 5.78 Å². The van der Waals surface area contributed by atoms with E-state index >= 15 is 0 Å². The number of carbonyl (C=O) groups excluding carboxylic acids is 1. The van der Waals surface area contributed by atoms with Crippen LogP contribution >= 0.6 is 27.5 Å². The van der Waals surface area contributed by atoms with Crippen LogP contribution in [0.1, 0.15) is 27.0 Å². The van der Waals surface area contributed by atoms with Gasteiger partial charge in [-0.15, -0.1) is 0 Å². The summed E-state index contributed by atoms with van der Waals surface area (Å²) in [6.45, 7) is 3.96. The van der Waals surface area contributed by atoms with Gasteiger partial charge in [0.05, 0.1) is 5.02 Å². The lowest BCUT2D eigenvalue weighted by Gasteiger charge is -2.08. The van der Waals surface area contributed by atoms with Gasteiger partial charge in [0.15, 0.2) is 5.78 Å². The first-order chi connectivity index (χ1) is 8.99. The lowest BCUT2D eigenvalue weighted by molar-refractivity contribution is 0.0993. The van der Waals surface area contributed by atoms with Gasteiger partial charge in [0.1, 0.15) is 0 Å². The van der Waals surface area contributed by atoms with E-state index in [0.29, 0.717) is 17.0 Å². The van der Waals surface area contributed by atoms with Crippen molar-refractivity contribution in [3.8, 4) is 0 Å². The molecule has 0 fully saturated rings. The summed E-state index contributed by atoms with van der Waals surface area (Å²) in [5, 5.41) is 0.529. The van der Waals surface area contributed by atoms with Gasteiger partial charge in [-0.2, -0.15) is 0 Å². The Hall–Kier alpha value is -1.19. The van der Waals surface area contributed by atoms with E-state index in [1.165, 1.54) is 0 Å². The number of rotatable bonds is 3. The van der Waals surface area contributed by atoms with Crippen molar-refractivity contribution in [2.45, 2.75) is 20.3 Å². The highest BCUT2D eigenvalue weighted by Crippen LogP contribution is 2.24. The van der Waals surface area contributed by atoms with Crippen LogP contribution in [0.5, 0.6) is 0 Å². The summed E-state index contributed by atoms with van der Waals surface area (Å²) < 4.78 is 1.05. The van der Waals surface area contributed by atoms with Gasteiger partial charge in [-0.25, -0.2) is 0 Å². The van der Waals surface area contributed by atoms with Crippen molar-refractivity contribution in [2.24, 2.45) is 0 Å². The molecule has 0 amide bonds. The molecule has 0 radical (unpaired) electrons. The molecule has 0 saturated heterocycles. The van der Waals surface area contributed by atoms with Gasteiger partial charge in [-0.3, -0.25) is 9.78 Å². The molecule has 0 aliphatic heterocycles. The molecule has 19 heavy (non-hydrogen) atoms. The van der Waals surface area contributed by atoms with Crippen molar-refractivity contribution >= 4 is 33.3 Å². The second kappa shape index (κ2) is 5.85. The minimum atomic E-state index is 0.0619. The van der Waals surface area contributed by atoms with Gasteiger partial charge in [0.2, 0.25) is 0 Å². The first kappa shape index (κ1) is 14.2. The highest BCUT2D eigenvalue weighted by molar-refractivity contribution is 9.10. The van der Waals surface area contributed by atoms with Crippen molar-refractivity contribution in [2.75, 3.05) is 0 Å². The number of Topliss-reactive ketones (excluding diaryl/α,β-unsaturated/α-hetero) is 1. The number of aryl methyl sites for hydroxylation is 2. The Morgan fingerprint density at radius 3 is 2.53 bits per heavy atom. The quantitative estimate of drug-likeness (QED) is 0.769. The van der Waals surface area contributed by atoms with Crippen LogP contribution in [-0.2, 0) is 6.42 Å². The molecule has 2 rings (SSSR count). The highest BCUT2D eigenvalue weighted by atomic mass is 79.9. The monoisotopic (exact) mass is 337 g/mol. The van der Waals surface area contributed by atoms with E-state index in [4.69, 9.17) is 11.6 Å². The SMILES string of the molecule is Cc1cc(C(=O)Cc2ccncc2Cl)cc(C)c1Br. The summed E-state index contributed by atoms with van der Waals surface area (Å²) >= 11 is 9.52. The lowest BCUT2D eigenvalue weighted by atomic mass is 10.00. The van der Waals surface area contributed by atoms with Crippen LogP contribution in [0, 0.1) is 13.8 Å². The van der Waals surface area contributed by atoms with Crippen LogP contribution in [0.4, 0.5) is 0 Å². The minimum Gasteiger partial charge on any atom is -0.294 e. The Morgan fingerprint density at radius 2 is 1.95 bits per heavy atom. The molecule has 0 unspecified atom stereocenters. The molecule has 98 valence electrons. The molecule has 1 aromatic carbocycles. The fraction of sp³-hybridized carbons (Fsp3) is 0.200. The Labute approximate surface area is 126 Å². The zero-order valence-electron chi connectivity index (χ0n) is 10.7. The number of hydrogen-bond acceptors (Lipinski definition) is 2. The molecule has 0 atom stereocenters. The molecule has 0 spiro atoms. The smallest absolute Gasteiger partial charge is 0.167 e. The van der Waals surface area contributed by atoms with Crippen molar-refractivity contribution in [1.29, 1.82) is 0 Å². The fourth-order valence-corrected chi connectivity index (χ4v) is 2.34. The summed E-state index contributed by atoms with van der Waals surface area (Å²) in [6.07, 6.45) is 3.50. The van der Waals surface area contributed by atoms with Crippen molar-refractivity contribution in [3.05, 3.63) is 62.3 Å². The predicted octanol–water partition coefficient (Wildman–Crippen LogP) is 4.54. The Bertz CT molecular complexity index is 617. The van der Waals surface area contributed by atoms with Crippen LogP contribution in [-0.4, -0.2) is 10.8 Å². The number of hydrogen-bond donors (Lipinski definition) is 0. The van der Waals surface area contributed by atoms with Crippen molar-refractivity contribution < 1.29 is 4.79 Å². The second-order valence-electron chi connectivity index (χ2n) is 4.49. The standard InChI is InChI=1S/C15H13BrClNO/c1-9-5-12(6-10(2)15(9)16)14(19)7-11-3-4-18-8-13(11)17/h3-6,8H,7H2,1-2H3. The summed E-state index contributed by atoms with van der Waals surface area (Å²) in [7, 11) is 0. The molecule has 1 aromatic heterocycles. The zero-order valence-corrected chi connectivity index (χ0v) is 13.0. The van der Waals surface area contributed by atoms with Gasteiger partial charge in [-0.05, 0) is 48.7 Å². The Morgan fingerprint density at radius 1 is 1.32 bits per heavy atom. The van der Waals surface area contributed by atoms with Crippen LogP contribution in [0.2, 0.25) is 5.02 Å². The van der Waals surface area contributed by atoms with E-state index < -0.39 is 0 Å². The first-order valence-corrected chi connectivity index (χ1v) is 7.04. The summed E-state index contributed by atoms with van der Waals surface area (Å²) in [6, 6.07) is 5.57. The molecule has 0 aliphatic carbocycles. The molecule has 2 nitrogen and oxygen atoms in total. The van der Waals surface area contributed by atoms with Crippen LogP contribution in [0.15, 0.2) is 35.1 Å². The van der Waals surface area contributed by atoms with E-state index in [2.05, 4.69) is 20.9 Å². The normalized spacial score (nSPS) is 10.5. The van der Waals surface area contributed by atoms with Gasteiger partial charge in [-0.1, -0.05) is 27.5 Å². The third-order valence-corrected chi connectivity index (χ3v) is 4.56. The number of nitrogens with zero attached hydrogens (tertiary/aromatic N) is 1. The maximum Gasteiger partial charge on any atom is 0.167 e. The first-order valence-electron chi connectivity index (χ1n) is 5.87. The Kier molecular flexibility index (Phi) is 4.38. The molecule has 2 aromatic rings. The van der Waals surface area contributed by atoms with E-state index in [0.717, 1.165) is 21.2 Å². The topological polar surface area (TPSA) is 30.0 Å². The summed E-state index contributed by atoms with van der Waals surface area (Å²) in [5.74, 6) is 0.0619. The van der Waals surface area contributed by atoms with Gasteiger partial charge >= 0.3 is 0 Å². The average Bonchev–Trinajstić information content (AvgIpc) is 2.38. The second-order valence-corrected chi connectivity index (χ2v) is 5.69. The minimum absolute atomic E-state index is 0.0619. The number of benzene rings is 1. The van der Waals surface area contributed by atoms with Crippen molar-refractivity contribution in [1.82, 2.24) is 4.98 Å². The molecule has 0 N–H and O–H groups in total. The highest BCUT2D eigenvalue weighted by Gasteiger charge is 2.12. The average molecular weight is 339 g/mol. The lowest BCUT2D eigenvalue weighted by Crippen LogP contribution is -2.05. The number of halogens is 2. The third-order valence-electron chi connectivity index (χ3n) is 2.97. The van der Waals surface area contributed by atoms with Crippen molar-refractivity contribution in [3.63, 3.8) is 0 Å². The van der Waals surface area contributed by atoms with Crippen LogP contribution < -0.4 is 0 Å². The van der Waals surface area contributed by atoms with Crippen LogP contribution in [0.25, 0.3) is 0 Å². The molecule has 4 heteroatoms. The number of ketones is 1. The maximum absolute atomic E-state index is 12.3. The predicted molar refractivity (Wildman–Crippen MR) is 80.9 cm³/mol. The maximum atomic E-state index is 12.3. The summed E-state index contributed by atoms with van der Waals surface area (Å²) in [5.41, 5.74) is 3.64. The molecule has 0 aliphatic rings. The third kappa shape index (κ3) is 3.23. The molecular formula is C15H13BrClNO. The van der Waals surface area contributed by atoms with Crippen LogP contribution in [0.3, 0.4) is 0 Å². The molecule has 1 heterocycles. The number of aromatic nitrogens is 1. The number of carbonyl (C=O) groups is 1. The molecular weight excluding hydrogens is 326 g/mol. The van der Waals surface area contributed by atoms with E-state index in [1.54, 1.807) is 18.5 Å². The van der Waals surface area contributed by atoms with Gasteiger partial charge in [0.25, 0.3) is 0 Å². The number of pyridine rings is 1. The van der Waals surface area contributed by atoms with Gasteiger partial charge < -0.3 is 0 Å². The largest absolute Gasteiger partial charge is 0.294 e. The molecule has 0 saturated carbocycles. The Balaban J connectivity index is 2.28. The van der Waals surface area contributed by atoms with Gasteiger partial charge in [0, 0.05) is 28.9 Å².